The Balaban J connectivity index is 1.38. The second kappa shape index (κ2) is 12.1. The molecule has 1 atom stereocenters. The molecule has 0 saturated heterocycles. The van der Waals surface area contributed by atoms with E-state index < -0.39 is 17.6 Å². The molecule has 2 aromatic carbocycles. The summed E-state index contributed by atoms with van der Waals surface area (Å²) in [5.41, 5.74) is 5.68. The highest BCUT2D eigenvalue weighted by Gasteiger charge is 2.32. The summed E-state index contributed by atoms with van der Waals surface area (Å²) in [5, 5.41) is 9.75. The van der Waals surface area contributed by atoms with Crippen molar-refractivity contribution in [2.45, 2.75) is 66.0 Å². The average molecular weight is 601 g/mol. The van der Waals surface area contributed by atoms with E-state index in [0.29, 0.717) is 11.6 Å². The molecule has 224 valence electrons. The number of ether oxygens (including phenoxy) is 3. The van der Waals surface area contributed by atoms with E-state index in [4.69, 9.17) is 19.2 Å². The van der Waals surface area contributed by atoms with E-state index in [1.165, 1.54) is 12.0 Å². The quantitative estimate of drug-likeness (QED) is 0.228. The highest BCUT2D eigenvalue weighted by Crippen LogP contribution is 2.39. The number of nitrogens with zero attached hydrogens (tertiary/aromatic N) is 4. The van der Waals surface area contributed by atoms with E-state index in [1.807, 2.05) is 56.5 Å². The Kier molecular flexibility index (Phi) is 8.50. The lowest BCUT2D eigenvalue weighted by Gasteiger charge is -2.19. The molecule has 0 spiro atoms. The first kappa shape index (κ1) is 30.2. The van der Waals surface area contributed by atoms with Crippen molar-refractivity contribution in [2.75, 3.05) is 13.7 Å². The number of aliphatic imine (C=N–C) groups is 1. The van der Waals surface area contributed by atoms with Crippen LogP contribution in [0.3, 0.4) is 0 Å². The van der Waals surface area contributed by atoms with Gasteiger partial charge in [-0.05, 0) is 76.8 Å². The van der Waals surface area contributed by atoms with Gasteiger partial charge in [-0.1, -0.05) is 36.4 Å². The standard InChI is InChI=1S/C33H36N4O5S/c1-19-20(2)43-32-29(19)30(34-26(17-27(38)40-7)31-36-35-21(3)37(31)32)24-12-8-22(9-13-24)16-23-10-14-25(15-11-23)41-18-28(39)42-33(4,5)6/h8-15,26H,16-18H2,1-7H3/t26-/m0/s1. The Morgan fingerprint density at radius 2 is 1.58 bits per heavy atom. The van der Waals surface area contributed by atoms with Gasteiger partial charge in [-0.25, -0.2) is 4.79 Å². The molecule has 4 aromatic rings. The summed E-state index contributed by atoms with van der Waals surface area (Å²) in [6.07, 6.45) is 0.798. The van der Waals surface area contributed by atoms with Gasteiger partial charge in [0.1, 0.15) is 28.2 Å². The van der Waals surface area contributed by atoms with Crippen LogP contribution in [0.4, 0.5) is 0 Å². The van der Waals surface area contributed by atoms with Crippen LogP contribution in [-0.4, -0.2) is 51.7 Å². The van der Waals surface area contributed by atoms with Crippen molar-refractivity contribution < 1.29 is 23.8 Å². The van der Waals surface area contributed by atoms with Crippen molar-refractivity contribution >= 4 is 29.0 Å². The minimum Gasteiger partial charge on any atom is -0.482 e. The second-order valence-electron chi connectivity index (χ2n) is 11.6. The van der Waals surface area contributed by atoms with Crippen LogP contribution < -0.4 is 4.74 Å². The molecule has 10 heteroatoms. The van der Waals surface area contributed by atoms with Gasteiger partial charge in [0.2, 0.25) is 0 Å². The zero-order valence-electron chi connectivity index (χ0n) is 25.6. The number of carbonyl (C=O) groups is 2. The molecular weight excluding hydrogens is 564 g/mol. The average Bonchev–Trinajstić information content (AvgIpc) is 3.44. The van der Waals surface area contributed by atoms with Crippen molar-refractivity contribution in [1.82, 2.24) is 14.8 Å². The van der Waals surface area contributed by atoms with Crippen LogP contribution in [0.1, 0.15) is 77.6 Å². The zero-order chi connectivity index (χ0) is 30.9. The molecule has 1 aliphatic heterocycles. The highest BCUT2D eigenvalue weighted by atomic mass is 32.1. The fourth-order valence-electron chi connectivity index (χ4n) is 5.00. The van der Waals surface area contributed by atoms with Crippen molar-refractivity contribution in [3.8, 4) is 10.8 Å². The maximum Gasteiger partial charge on any atom is 0.344 e. The maximum absolute atomic E-state index is 12.4. The van der Waals surface area contributed by atoms with E-state index in [1.54, 1.807) is 11.3 Å². The molecule has 0 radical (unpaired) electrons. The van der Waals surface area contributed by atoms with Gasteiger partial charge in [0, 0.05) is 16.0 Å². The number of methoxy groups -OCH3 is 1. The Bertz CT molecular complexity index is 1680. The predicted octanol–water partition coefficient (Wildman–Crippen LogP) is 6.02. The van der Waals surface area contributed by atoms with Crippen molar-refractivity contribution in [1.29, 1.82) is 0 Å². The van der Waals surface area contributed by atoms with E-state index in [2.05, 4.69) is 48.3 Å². The molecule has 0 bridgehead atoms. The fraction of sp³-hybridized carbons (Fsp3) is 0.364. The number of fused-ring (bicyclic) bond motifs is 3. The SMILES string of the molecule is COC(=O)C[C@@H]1N=C(c2ccc(Cc3ccc(OCC(=O)OC(C)(C)C)cc3)cc2)c2c(sc(C)c2C)-n2c(C)nnc21. The van der Waals surface area contributed by atoms with E-state index in [-0.39, 0.29) is 19.0 Å². The molecule has 43 heavy (non-hydrogen) atoms. The molecule has 0 fully saturated rings. The number of carbonyl (C=O) groups excluding carboxylic acids is 2. The molecule has 0 N–H and O–H groups in total. The first-order valence-electron chi connectivity index (χ1n) is 14.1. The fourth-order valence-corrected chi connectivity index (χ4v) is 6.21. The lowest BCUT2D eigenvalue weighted by atomic mass is 9.97. The van der Waals surface area contributed by atoms with Gasteiger partial charge in [0.25, 0.3) is 0 Å². The first-order chi connectivity index (χ1) is 20.4. The molecule has 9 nitrogen and oxygen atoms in total. The third-order valence-electron chi connectivity index (χ3n) is 7.16. The Hall–Kier alpha value is -4.31. The normalized spacial score (nSPS) is 14.3. The number of aromatic nitrogens is 3. The third kappa shape index (κ3) is 6.69. The van der Waals surface area contributed by atoms with Crippen LogP contribution in [0.25, 0.3) is 5.00 Å². The van der Waals surface area contributed by atoms with Gasteiger partial charge in [0.15, 0.2) is 12.4 Å². The van der Waals surface area contributed by atoms with Crippen molar-refractivity contribution in [2.24, 2.45) is 4.99 Å². The summed E-state index contributed by atoms with van der Waals surface area (Å²) in [5.74, 6) is 1.25. The highest BCUT2D eigenvalue weighted by molar-refractivity contribution is 7.15. The molecule has 0 unspecified atom stereocenters. The van der Waals surface area contributed by atoms with Gasteiger partial charge < -0.3 is 14.2 Å². The zero-order valence-corrected chi connectivity index (χ0v) is 26.4. The number of hydrogen-bond acceptors (Lipinski definition) is 9. The van der Waals surface area contributed by atoms with E-state index in [9.17, 15) is 9.59 Å². The lowest BCUT2D eigenvalue weighted by molar-refractivity contribution is -0.157. The van der Waals surface area contributed by atoms with E-state index >= 15 is 0 Å². The summed E-state index contributed by atoms with van der Waals surface area (Å²) in [6.45, 7) is 11.5. The number of benzene rings is 2. The van der Waals surface area contributed by atoms with Gasteiger partial charge >= 0.3 is 11.9 Å². The van der Waals surface area contributed by atoms with E-state index in [0.717, 1.165) is 50.8 Å². The number of esters is 2. The van der Waals surface area contributed by atoms with Crippen LogP contribution >= 0.6 is 11.3 Å². The monoisotopic (exact) mass is 600 g/mol. The number of rotatable bonds is 8. The third-order valence-corrected chi connectivity index (χ3v) is 8.36. The summed E-state index contributed by atoms with van der Waals surface area (Å²) >= 11 is 1.68. The molecule has 0 saturated carbocycles. The lowest BCUT2D eigenvalue weighted by Crippen LogP contribution is -2.27. The van der Waals surface area contributed by atoms with Gasteiger partial charge in [-0.3, -0.25) is 14.4 Å². The Morgan fingerprint density at radius 3 is 2.21 bits per heavy atom. The molecule has 3 heterocycles. The van der Waals surface area contributed by atoms with Crippen LogP contribution in [0, 0.1) is 20.8 Å². The van der Waals surface area contributed by atoms with Crippen molar-refractivity contribution in [3.63, 3.8) is 0 Å². The predicted molar refractivity (Wildman–Crippen MR) is 165 cm³/mol. The minimum absolute atomic E-state index is 0.0701. The molecule has 1 aliphatic rings. The molecule has 0 aliphatic carbocycles. The summed E-state index contributed by atoms with van der Waals surface area (Å²) in [6, 6.07) is 15.5. The van der Waals surface area contributed by atoms with Gasteiger partial charge in [-0.2, -0.15) is 0 Å². The minimum atomic E-state index is -0.545. The van der Waals surface area contributed by atoms with Crippen molar-refractivity contribution in [3.05, 3.63) is 92.9 Å². The smallest absolute Gasteiger partial charge is 0.344 e. The van der Waals surface area contributed by atoms with Crippen LogP contribution in [0.2, 0.25) is 0 Å². The molecular formula is C33H36N4O5S. The van der Waals surface area contributed by atoms with Gasteiger partial charge in [-0.15, -0.1) is 21.5 Å². The molecule has 2 aromatic heterocycles. The Morgan fingerprint density at radius 1 is 0.930 bits per heavy atom. The molecule has 0 amide bonds. The number of thiophene rings is 1. The second-order valence-corrected chi connectivity index (χ2v) is 12.8. The largest absolute Gasteiger partial charge is 0.482 e. The van der Waals surface area contributed by atoms with Crippen LogP contribution in [-0.2, 0) is 25.5 Å². The van der Waals surface area contributed by atoms with Gasteiger partial charge in [0.05, 0.1) is 19.2 Å². The van der Waals surface area contributed by atoms with Crippen LogP contribution in [0.5, 0.6) is 5.75 Å². The topological polar surface area (TPSA) is 105 Å². The summed E-state index contributed by atoms with van der Waals surface area (Å²) in [4.78, 5) is 30.6. The first-order valence-corrected chi connectivity index (χ1v) is 15.0. The number of aryl methyl sites for hydroxylation is 2. The summed E-state index contributed by atoms with van der Waals surface area (Å²) in [7, 11) is 1.38. The maximum atomic E-state index is 12.4. The number of hydrogen-bond donors (Lipinski definition) is 0. The summed E-state index contributed by atoms with van der Waals surface area (Å²) < 4.78 is 17.9. The Labute approximate surface area is 255 Å². The molecule has 5 rings (SSSR count). The van der Waals surface area contributed by atoms with Crippen LogP contribution in [0.15, 0.2) is 53.5 Å².